The molecule has 2 aromatic carbocycles. The van der Waals surface area contributed by atoms with Crippen molar-refractivity contribution in [2.75, 3.05) is 20.8 Å². The molecule has 0 atom stereocenters. The fourth-order valence-electron chi connectivity index (χ4n) is 2.26. The Kier molecular flexibility index (Phi) is 6.24. The normalized spacial score (nSPS) is 10.5. The van der Waals surface area contributed by atoms with Crippen molar-refractivity contribution in [2.45, 2.75) is 6.42 Å². The van der Waals surface area contributed by atoms with Crippen LogP contribution < -0.4 is 14.8 Å². The Balaban J connectivity index is 1.87. The molecule has 0 fully saturated rings. The summed E-state index contributed by atoms with van der Waals surface area (Å²) in [6.45, 7) is 0.551. The van der Waals surface area contributed by atoms with Crippen LogP contribution in [0.2, 0.25) is 0 Å². The molecule has 0 bridgehead atoms. The number of benzene rings is 2. The van der Waals surface area contributed by atoms with E-state index in [1.54, 1.807) is 20.3 Å². The molecule has 0 saturated carbocycles. The van der Waals surface area contributed by atoms with E-state index in [0.717, 1.165) is 29.0 Å². The highest BCUT2D eigenvalue weighted by molar-refractivity contribution is 5.92. The fraction of sp³-hybridized carbons (Fsp3) is 0.211. The topological polar surface area (TPSA) is 47.6 Å². The first-order valence-corrected chi connectivity index (χ1v) is 7.45. The number of amides is 1. The van der Waals surface area contributed by atoms with Crippen molar-refractivity contribution in [1.29, 1.82) is 0 Å². The van der Waals surface area contributed by atoms with Gasteiger partial charge in [0.1, 0.15) is 11.5 Å². The molecule has 23 heavy (non-hydrogen) atoms. The highest BCUT2D eigenvalue weighted by Gasteiger charge is 2.03. The van der Waals surface area contributed by atoms with Gasteiger partial charge in [-0.3, -0.25) is 4.79 Å². The molecule has 0 aliphatic heterocycles. The molecule has 4 nitrogen and oxygen atoms in total. The zero-order chi connectivity index (χ0) is 16.5. The lowest BCUT2D eigenvalue weighted by Gasteiger charge is -2.08. The van der Waals surface area contributed by atoms with Crippen LogP contribution in [0, 0.1) is 0 Å². The predicted molar refractivity (Wildman–Crippen MR) is 91.7 cm³/mol. The Morgan fingerprint density at radius 1 is 1.00 bits per heavy atom. The summed E-state index contributed by atoms with van der Waals surface area (Å²) in [5.41, 5.74) is 1.94. The number of hydrogen-bond donors (Lipinski definition) is 1. The van der Waals surface area contributed by atoms with Crippen molar-refractivity contribution in [1.82, 2.24) is 5.32 Å². The Labute approximate surface area is 136 Å². The summed E-state index contributed by atoms with van der Waals surface area (Å²) in [6.07, 6.45) is 3.98. The molecule has 4 heteroatoms. The molecule has 0 aliphatic carbocycles. The van der Waals surface area contributed by atoms with Crippen LogP contribution in [0.3, 0.4) is 0 Å². The minimum absolute atomic E-state index is 0.134. The van der Waals surface area contributed by atoms with Crippen molar-refractivity contribution < 1.29 is 14.3 Å². The van der Waals surface area contributed by atoms with Crippen LogP contribution in [0.4, 0.5) is 0 Å². The molecule has 0 aromatic heterocycles. The van der Waals surface area contributed by atoms with Gasteiger partial charge >= 0.3 is 0 Å². The van der Waals surface area contributed by atoms with E-state index in [2.05, 4.69) is 5.32 Å². The quantitative estimate of drug-likeness (QED) is 0.799. The summed E-state index contributed by atoms with van der Waals surface area (Å²) in [5, 5.41) is 2.87. The van der Waals surface area contributed by atoms with E-state index in [1.165, 1.54) is 6.08 Å². The van der Waals surface area contributed by atoms with Crippen LogP contribution in [0.1, 0.15) is 11.1 Å². The van der Waals surface area contributed by atoms with Gasteiger partial charge in [0.05, 0.1) is 14.2 Å². The van der Waals surface area contributed by atoms with Gasteiger partial charge in [-0.25, -0.2) is 0 Å². The second kappa shape index (κ2) is 8.63. The summed E-state index contributed by atoms with van der Waals surface area (Å²) in [6, 6.07) is 15.4. The maximum Gasteiger partial charge on any atom is 0.244 e. The minimum Gasteiger partial charge on any atom is -0.496 e. The van der Waals surface area contributed by atoms with E-state index >= 15 is 0 Å². The van der Waals surface area contributed by atoms with E-state index in [0.29, 0.717) is 6.54 Å². The van der Waals surface area contributed by atoms with Crippen LogP contribution >= 0.6 is 0 Å². The first-order chi connectivity index (χ1) is 11.2. The molecule has 1 amide bonds. The zero-order valence-electron chi connectivity index (χ0n) is 13.4. The second-order valence-corrected chi connectivity index (χ2v) is 4.93. The van der Waals surface area contributed by atoms with Crippen LogP contribution in [-0.2, 0) is 11.2 Å². The molecule has 0 saturated heterocycles. The lowest BCUT2D eigenvalue weighted by atomic mass is 10.1. The molecular formula is C19H21NO3. The van der Waals surface area contributed by atoms with Gasteiger partial charge in [0, 0.05) is 18.2 Å². The van der Waals surface area contributed by atoms with Crippen molar-refractivity contribution in [3.8, 4) is 11.5 Å². The molecule has 0 radical (unpaired) electrons. The van der Waals surface area contributed by atoms with E-state index in [1.807, 2.05) is 48.5 Å². The Morgan fingerprint density at radius 3 is 2.39 bits per heavy atom. The third-order valence-electron chi connectivity index (χ3n) is 3.44. The minimum atomic E-state index is -0.134. The predicted octanol–water partition coefficient (Wildman–Crippen LogP) is 3.08. The largest absolute Gasteiger partial charge is 0.496 e. The van der Waals surface area contributed by atoms with Gasteiger partial charge in [-0.05, 0) is 30.2 Å². The van der Waals surface area contributed by atoms with Crippen molar-refractivity contribution in [3.63, 3.8) is 0 Å². The van der Waals surface area contributed by atoms with Gasteiger partial charge in [0.25, 0.3) is 0 Å². The summed E-state index contributed by atoms with van der Waals surface area (Å²) in [7, 11) is 3.26. The van der Waals surface area contributed by atoms with Crippen molar-refractivity contribution >= 4 is 12.0 Å². The molecule has 120 valence electrons. The molecular weight excluding hydrogens is 290 g/mol. The number of carbonyl (C=O) groups excluding carboxylic acids is 1. The molecule has 0 spiro atoms. The summed E-state index contributed by atoms with van der Waals surface area (Å²) in [5.74, 6) is 1.45. The van der Waals surface area contributed by atoms with Crippen LogP contribution in [0.5, 0.6) is 11.5 Å². The highest BCUT2D eigenvalue weighted by Crippen LogP contribution is 2.19. The summed E-state index contributed by atoms with van der Waals surface area (Å²) >= 11 is 0. The lowest BCUT2D eigenvalue weighted by Crippen LogP contribution is -2.23. The third-order valence-corrected chi connectivity index (χ3v) is 3.44. The van der Waals surface area contributed by atoms with Crippen molar-refractivity contribution in [3.05, 3.63) is 65.7 Å². The Hall–Kier alpha value is -2.75. The first-order valence-electron chi connectivity index (χ1n) is 7.45. The van der Waals surface area contributed by atoms with Crippen LogP contribution in [0.25, 0.3) is 6.08 Å². The molecule has 0 unspecified atom stereocenters. The van der Waals surface area contributed by atoms with E-state index in [9.17, 15) is 4.79 Å². The van der Waals surface area contributed by atoms with E-state index in [4.69, 9.17) is 9.47 Å². The second-order valence-electron chi connectivity index (χ2n) is 4.93. The zero-order valence-corrected chi connectivity index (χ0v) is 13.4. The fourth-order valence-corrected chi connectivity index (χ4v) is 2.26. The number of carbonyl (C=O) groups is 1. The Morgan fingerprint density at radius 2 is 1.65 bits per heavy atom. The average Bonchev–Trinajstić information content (AvgIpc) is 2.60. The van der Waals surface area contributed by atoms with Crippen LogP contribution in [-0.4, -0.2) is 26.7 Å². The standard InChI is InChI=1S/C19H21NO3/c1-22-17-9-5-3-7-15(17)11-12-19(21)20-14-13-16-8-4-6-10-18(16)23-2/h3-12H,13-14H2,1-2H3,(H,20,21)/b12-11+. The molecule has 2 aromatic rings. The van der Waals surface area contributed by atoms with Gasteiger partial charge < -0.3 is 14.8 Å². The third kappa shape index (κ3) is 4.88. The van der Waals surface area contributed by atoms with Gasteiger partial charge in [-0.2, -0.15) is 0 Å². The first kappa shape index (κ1) is 16.6. The number of nitrogens with one attached hydrogen (secondary N) is 1. The van der Waals surface area contributed by atoms with Crippen molar-refractivity contribution in [2.24, 2.45) is 0 Å². The Bertz CT molecular complexity index is 680. The summed E-state index contributed by atoms with van der Waals surface area (Å²) in [4.78, 5) is 11.9. The highest BCUT2D eigenvalue weighted by atomic mass is 16.5. The lowest BCUT2D eigenvalue weighted by molar-refractivity contribution is -0.116. The molecule has 1 N–H and O–H groups in total. The number of hydrogen-bond acceptors (Lipinski definition) is 3. The van der Waals surface area contributed by atoms with Gasteiger partial charge in [0.2, 0.25) is 5.91 Å². The molecule has 0 heterocycles. The maximum atomic E-state index is 11.9. The van der Waals surface area contributed by atoms with Crippen LogP contribution in [0.15, 0.2) is 54.6 Å². The summed E-state index contributed by atoms with van der Waals surface area (Å²) < 4.78 is 10.5. The molecule has 2 rings (SSSR count). The maximum absolute atomic E-state index is 11.9. The van der Waals surface area contributed by atoms with Gasteiger partial charge in [-0.15, -0.1) is 0 Å². The molecule has 0 aliphatic rings. The van der Waals surface area contributed by atoms with E-state index in [-0.39, 0.29) is 5.91 Å². The van der Waals surface area contributed by atoms with Gasteiger partial charge in [-0.1, -0.05) is 36.4 Å². The number of methoxy groups -OCH3 is 2. The van der Waals surface area contributed by atoms with E-state index < -0.39 is 0 Å². The number of ether oxygens (including phenoxy) is 2. The SMILES string of the molecule is COc1ccccc1/C=C/C(=O)NCCc1ccccc1OC. The number of rotatable bonds is 7. The monoisotopic (exact) mass is 311 g/mol. The van der Waals surface area contributed by atoms with Gasteiger partial charge in [0.15, 0.2) is 0 Å². The smallest absolute Gasteiger partial charge is 0.244 e. The average molecular weight is 311 g/mol. The number of para-hydroxylation sites is 2.